The highest BCUT2D eigenvalue weighted by Gasteiger charge is 2.26. The first-order valence-electron chi connectivity index (χ1n) is 7.06. The van der Waals surface area contributed by atoms with E-state index in [-0.39, 0.29) is 11.5 Å². The summed E-state index contributed by atoms with van der Waals surface area (Å²) in [6, 6.07) is 3.34. The molecule has 0 saturated carbocycles. The molecule has 1 amide bonds. The normalized spacial score (nSPS) is 11.5. The number of nitrogens with one attached hydrogen (secondary N) is 3. The van der Waals surface area contributed by atoms with Crippen LogP contribution in [0, 0.1) is 5.41 Å². The lowest BCUT2D eigenvalue weighted by molar-refractivity contribution is -0.140. The predicted molar refractivity (Wildman–Crippen MR) is 84.2 cm³/mol. The second kappa shape index (κ2) is 8.08. The summed E-state index contributed by atoms with van der Waals surface area (Å²) in [5.41, 5.74) is 0.687. The van der Waals surface area contributed by atoms with Crippen LogP contribution in [0.1, 0.15) is 22.7 Å². The van der Waals surface area contributed by atoms with E-state index >= 15 is 0 Å². The zero-order valence-electron chi connectivity index (χ0n) is 12.8. The lowest BCUT2D eigenvalue weighted by Crippen LogP contribution is -2.13. The molecule has 0 aliphatic heterocycles. The third-order valence-electron chi connectivity index (χ3n) is 2.80. The molecule has 2 aromatic rings. The number of imidazole rings is 1. The van der Waals surface area contributed by atoms with Crippen LogP contribution in [0.25, 0.3) is 6.08 Å². The Balaban J connectivity index is 1.86. The van der Waals surface area contributed by atoms with Gasteiger partial charge in [0.1, 0.15) is 11.5 Å². The van der Waals surface area contributed by atoms with Crippen molar-refractivity contribution in [1.29, 1.82) is 5.41 Å². The molecule has 3 N–H and O–H groups in total. The Morgan fingerprint density at radius 1 is 1.40 bits per heavy atom. The van der Waals surface area contributed by atoms with Crippen LogP contribution < -0.4 is 5.32 Å². The quantitative estimate of drug-likeness (QED) is 0.548. The molecule has 2 rings (SSSR count). The van der Waals surface area contributed by atoms with Gasteiger partial charge in [0.25, 0.3) is 5.91 Å². The number of nitrogens with zero attached hydrogens (tertiary/aromatic N) is 2. The molecule has 0 atom stereocenters. The summed E-state index contributed by atoms with van der Waals surface area (Å²) in [7, 11) is 0. The molecule has 7 nitrogen and oxygen atoms in total. The van der Waals surface area contributed by atoms with E-state index < -0.39 is 31.0 Å². The van der Waals surface area contributed by atoms with Gasteiger partial charge in [-0.1, -0.05) is 0 Å². The molecule has 0 bridgehead atoms. The molecule has 0 aliphatic rings. The summed E-state index contributed by atoms with van der Waals surface area (Å²) in [4.78, 5) is 22.5. The van der Waals surface area contributed by atoms with E-state index in [1.807, 2.05) is 0 Å². The molecule has 25 heavy (non-hydrogen) atoms. The molecular weight excluding hydrogens is 339 g/mol. The first-order valence-corrected chi connectivity index (χ1v) is 7.06. The fraction of sp³-hybridized carbons (Fsp3) is 0.200. The van der Waals surface area contributed by atoms with Gasteiger partial charge in [-0.2, -0.15) is 13.2 Å². The van der Waals surface area contributed by atoms with E-state index in [9.17, 15) is 18.0 Å². The summed E-state index contributed by atoms with van der Waals surface area (Å²) in [6.07, 6.45) is 1.33. The van der Waals surface area contributed by atoms with Gasteiger partial charge in [-0.25, -0.2) is 4.98 Å². The molecular formula is C15H14F3N5O2. The number of halogens is 3. The molecule has 0 saturated heterocycles. The van der Waals surface area contributed by atoms with E-state index in [4.69, 9.17) is 5.41 Å². The Morgan fingerprint density at radius 3 is 2.88 bits per heavy atom. The van der Waals surface area contributed by atoms with Gasteiger partial charge in [0, 0.05) is 12.3 Å². The second-order valence-corrected chi connectivity index (χ2v) is 4.79. The molecule has 0 aliphatic carbocycles. The van der Waals surface area contributed by atoms with Gasteiger partial charge < -0.3 is 15.0 Å². The minimum atomic E-state index is -4.33. The highest BCUT2D eigenvalue weighted by Crippen LogP contribution is 2.19. The van der Waals surface area contributed by atoms with Crippen LogP contribution in [-0.4, -0.2) is 39.5 Å². The highest BCUT2D eigenvalue weighted by molar-refractivity contribution is 6.02. The molecule has 0 radical (unpaired) electrons. The number of anilines is 1. The van der Waals surface area contributed by atoms with Crippen LogP contribution in [0.5, 0.6) is 0 Å². The minimum Gasteiger partial charge on any atom is -0.478 e. The molecule has 0 spiro atoms. The molecule has 132 valence electrons. The fourth-order valence-corrected chi connectivity index (χ4v) is 1.65. The third kappa shape index (κ3) is 6.45. The number of aromatic nitrogens is 3. The van der Waals surface area contributed by atoms with Gasteiger partial charge >= 0.3 is 6.18 Å². The van der Waals surface area contributed by atoms with Crippen molar-refractivity contribution in [3.8, 4) is 0 Å². The van der Waals surface area contributed by atoms with Crippen LogP contribution in [0.3, 0.4) is 0 Å². The number of carbonyl (C=O) groups excluding carboxylic acids is 1. The van der Waals surface area contributed by atoms with E-state index in [1.54, 1.807) is 18.3 Å². The number of alkyl halides is 3. The van der Waals surface area contributed by atoms with Crippen LogP contribution in [0.15, 0.2) is 36.8 Å². The number of amides is 1. The Bertz CT molecular complexity index is 756. The molecule has 2 aromatic heterocycles. The Kier molecular flexibility index (Phi) is 5.88. The zero-order chi connectivity index (χ0) is 18.3. The Hall–Kier alpha value is -3.17. The van der Waals surface area contributed by atoms with Gasteiger partial charge in [-0.15, -0.1) is 0 Å². The SMILES string of the molecule is N=C(/C=C\c1ncc(C(=O)Nc2cccnc2)[nH]1)OCCC(F)(F)F. The number of aromatic amines is 1. The monoisotopic (exact) mass is 353 g/mol. The smallest absolute Gasteiger partial charge is 0.392 e. The summed E-state index contributed by atoms with van der Waals surface area (Å²) in [6.45, 7) is -0.635. The van der Waals surface area contributed by atoms with Crippen molar-refractivity contribution in [2.24, 2.45) is 0 Å². The fourth-order valence-electron chi connectivity index (χ4n) is 1.65. The maximum absolute atomic E-state index is 12.0. The number of hydrogen-bond donors (Lipinski definition) is 3. The topological polar surface area (TPSA) is 104 Å². The van der Waals surface area contributed by atoms with Gasteiger partial charge in [0.2, 0.25) is 5.90 Å². The number of hydrogen-bond acceptors (Lipinski definition) is 5. The standard InChI is InChI=1S/C15H14F3N5O2/c16-15(17,18)5-7-25-12(19)3-4-13-21-9-11(23-13)14(24)22-10-2-1-6-20-8-10/h1-4,6,8-9,19H,5,7H2,(H,21,23)(H,22,24)/b4-3-,19-12?. The van der Waals surface area contributed by atoms with Gasteiger partial charge in [0.15, 0.2) is 0 Å². The number of ether oxygens (including phenoxy) is 1. The first kappa shape index (κ1) is 18.2. The van der Waals surface area contributed by atoms with E-state index in [2.05, 4.69) is 25.0 Å². The van der Waals surface area contributed by atoms with Crippen molar-refractivity contribution in [2.45, 2.75) is 12.6 Å². The van der Waals surface area contributed by atoms with Crippen molar-refractivity contribution >= 4 is 23.6 Å². The Labute approximate surface area is 140 Å². The predicted octanol–water partition coefficient (Wildman–Crippen LogP) is 3.02. The lowest BCUT2D eigenvalue weighted by Gasteiger charge is -2.06. The largest absolute Gasteiger partial charge is 0.478 e. The summed E-state index contributed by atoms with van der Waals surface area (Å²) in [5.74, 6) is -0.626. The van der Waals surface area contributed by atoms with Crippen LogP contribution in [-0.2, 0) is 4.74 Å². The first-order chi connectivity index (χ1) is 11.8. The van der Waals surface area contributed by atoms with Crippen molar-refractivity contribution < 1.29 is 22.7 Å². The number of rotatable bonds is 6. The molecule has 2 heterocycles. The lowest BCUT2D eigenvalue weighted by atomic mass is 10.4. The molecule has 0 aromatic carbocycles. The number of carbonyl (C=O) groups is 1. The molecule has 0 fully saturated rings. The van der Waals surface area contributed by atoms with Crippen LogP contribution >= 0.6 is 0 Å². The average molecular weight is 353 g/mol. The van der Waals surface area contributed by atoms with Crippen LogP contribution in [0.4, 0.5) is 18.9 Å². The van der Waals surface area contributed by atoms with Crippen molar-refractivity contribution in [3.05, 3.63) is 48.3 Å². The minimum absolute atomic E-state index is 0.174. The van der Waals surface area contributed by atoms with Crippen LogP contribution in [0.2, 0.25) is 0 Å². The van der Waals surface area contributed by atoms with E-state index in [1.165, 1.54) is 18.5 Å². The molecule has 10 heteroatoms. The van der Waals surface area contributed by atoms with Gasteiger partial charge in [-0.3, -0.25) is 15.2 Å². The average Bonchev–Trinajstić information content (AvgIpc) is 3.02. The van der Waals surface area contributed by atoms with Gasteiger partial charge in [-0.05, 0) is 18.2 Å². The maximum Gasteiger partial charge on any atom is 0.392 e. The third-order valence-corrected chi connectivity index (χ3v) is 2.80. The highest BCUT2D eigenvalue weighted by atomic mass is 19.4. The summed E-state index contributed by atoms with van der Waals surface area (Å²) in [5, 5.41) is 9.99. The van der Waals surface area contributed by atoms with E-state index in [0.29, 0.717) is 5.69 Å². The second-order valence-electron chi connectivity index (χ2n) is 4.79. The Morgan fingerprint density at radius 2 is 2.20 bits per heavy atom. The van der Waals surface area contributed by atoms with Crippen molar-refractivity contribution in [1.82, 2.24) is 15.0 Å². The zero-order valence-corrected chi connectivity index (χ0v) is 12.8. The summed E-state index contributed by atoms with van der Waals surface area (Å²) >= 11 is 0. The van der Waals surface area contributed by atoms with Crippen molar-refractivity contribution in [3.63, 3.8) is 0 Å². The van der Waals surface area contributed by atoms with Gasteiger partial charge in [0.05, 0.1) is 31.1 Å². The summed E-state index contributed by atoms with van der Waals surface area (Å²) < 4.78 is 40.5. The molecule has 0 unspecified atom stereocenters. The van der Waals surface area contributed by atoms with Crippen molar-refractivity contribution in [2.75, 3.05) is 11.9 Å². The number of H-pyrrole nitrogens is 1. The number of pyridine rings is 1. The van der Waals surface area contributed by atoms with E-state index in [0.717, 1.165) is 6.08 Å². The maximum atomic E-state index is 12.0.